The lowest BCUT2D eigenvalue weighted by Gasteiger charge is -2.42. The maximum Gasteiger partial charge on any atom is 0.0947 e. The molecule has 1 aromatic heterocycles. The van der Waals surface area contributed by atoms with E-state index < -0.39 is 0 Å². The SMILES string of the molecule is CCC1(NCc2ccoc2)CCC1. The van der Waals surface area contributed by atoms with Crippen LogP contribution in [0.5, 0.6) is 0 Å². The minimum absolute atomic E-state index is 0.442. The molecule has 1 heterocycles. The quantitative estimate of drug-likeness (QED) is 0.768. The van der Waals surface area contributed by atoms with Crippen molar-refractivity contribution >= 4 is 0 Å². The van der Waals surface area contributed by atoms with E-state index >= 15 is 0 Å². The smallest absolute Gasteiger partial charge is 0.0947 e. The van der Waals surface area contributed by atoms with Crippen LogP contribution in [0.15, 0.2) is 23.0 Å². The Hall–Kier alpha value is -0.760. The minimum Gasteiger partial charge on any atom is -0.472 e. The van der Waals surface area contributed by atoms with Crippen molar-refractivity contribution in [3.63, 3.8) is 0 Å². The van der Waals surface area contributed by atoms with Crippen LogP contribution < -0.4 is 5.32 Å². The van der Waals surface area contributed by atoms with Crippen molar-refractivity contribution in [1.29, 1.82) is 0 Å². The second-order valence-corrected chi connectivity index (χ2v) is 3.97. The summed E-state index contributed by atoms with van der Waals surface area (Å²) in [5.41, 5.74) is 1.69. The zero-order valence-electron chi connectivity index (χ0n) is 8.18. The number of furan rings is 1. The molecule has 1 N–H and O–H groups in total. The van der Waals surface area contributed by atoms with Crippen LogP contribution in [0.1, 0.15) is 38.2 Å². The zero-order chi connectivity index (χ0) is 9.15. The lowest BCUT2D eigenvalue weighted by atomic mass is 9.75. The van der Waals surface area contributed by atoms with E-state index in [0.717, 1.165) is 6.54 Å². The van der Waals surface area contributed by atoms with Crippen LogP contribution in [0.25, 0.3) is 0 Å². The van der Waals surface area contributed by atoms with Gasteiger partial charge in [-0.1, -0.05) is 6.92 Å². The molecular weight excluding hydrogens is 162 g/mol. The molecule has 13 heavy (non-hydrogen) atoms. The number of nitrogens with one attached hydrogen (secondary N) is 1. The molecule has 1 aromatic rings. The molecule has 0 radical (unpaired) electrons. The highest BCUT2D eigenvalue weighted by atomic mass is 16.3. The van der Waals surface area contributed by atoms with Gasteiger partial charge in [-0.25, -0.2) is 0 Å². The molecule has 2 nitrogen and oxygen atoms in total. The molecule has 1 aliphatic carbocycles. The van der Waals surface area contributed by atoms with Gasteiger partial charge in [0, 0.05) is 17.6 Å². The van der Waals surface area contributed by atoms with Gasteiger partial charge in [-0.3, -0.25) is 0 Å². The van der Waals surface area contributed by atoms with Crippen LogP contribution in [-0.4, -0.2) is 5.54 Å². The highest BCUT2D eigenvalue weighted by Gasteiger charge is 2.34. The van der Waals surface area contributed by atoms with Gasteiger partial charge in [0.25, 0.3) is 0 Å². The number of rotatable bonds is 4. The molecule has 1 aliphatic rings. The van der Waals surface area contributed by atoms with Crippen LogP contribution in [-0.2, 0) is 6.54 Å². The van der Waals surface area contributed by atoms with Crippen LogP contribution in [0, 0.1) is 0 Å². The van der Waals surface area contributed by atoms with Gasteiger partial charge < -0.3 is 9.73 Å². The van der Waals surface area contributed by atoms with Crippen molar-refractivity contribution in [2.45, 2.75) is 44.7 Å². The summed E-state index contributed by atoms with van der Waals surface area (Å²) in [6.45, 7) is 3.21. The van der Waals surface area contributed by atoms with Gasteiger partial charge in [0.2, 0.25) is 0 Å². The van der Waals surface area contributed by atoms with Gasteiger partial charge in [0.1, 0.15) is 0 Å². The van der Waals surface area contributed by atoms with E-state index in [9.17, 15) is 0 Å². The Morgan fingerprint density at radius 1 is 1.54 bits per heavy atom. The Balaban J connectivity index is 1.84. The summed E-state index contributed by atoms with van der Waals surface area (Å²) in [6.07, 6.45) is 8.84. The molecule has 2 heteroatoms. The van der Waals surface area contributed by atoms with Crippen LogP contribution in [0.2, 0.25) is 0 Å². The van der Waals surface area contributed by atoms with Gasteiger partial charge in [-0.05, 0) is 31.7 Å². The first-order valence-electron chi connectivity index (χ1n) is 5.11. The first-order chi connectivity index (χ1) is 6.35. The summed E-state index contributed by atoms with van der Waals surface area (Å²) in [6, 6.07) is 2.02. The maximum atomic E-state index is 5.03. The molecule has 0 saturated heterocycles. The van der Waals surface area contributed by atoms with Gasteiger partial charge in [0.05, 0.1) is 12.5 Å². The molecule has 2 rings (SSSR count). The topological polar surface area (TPSA) is 25.2 Å². The number of hydrogen-bond donors (Lipinski definition) is 1. The van der Waals surface area contributed by atoms with Crippen molar-refractivity contribution in [1.82, 2.24) is 5.32 Å². The maximum absolute atomic E-state index is 5.03. The standard InChI is InChI=1S/C11H17NO/c1-2-11(5-3-6-11)12-8-10-4-7-13-9-10/h4,7,9,12H,2-3,5-6,8H2,1H3. The fraction of sp³-hybridized carbons (Fsp3) is 0.636. The highest BCUT2D eigenvalue weighted by Crippen LogP contribution is 2.34. The molecule has 0 aliphatic heterocycles. The third-order valence-corrected chi connectivity index (χ3v) is 3.24. The normalized spacial score (nSPS) is 19.8. The molecule has 1 fully saturated rings. The summed E-state index contributed by atoms with van der Waals surface area (Å²) in [5.74, 6) is 0. The molecule has 1 saturated carbocycles. The minimum atomic E-state index is 0.442. The van der Waals surface area contributed by atoms with E-state index in [1.807, 2.05) is 12.3 Å². The predicted molar refractivity (Wildman–Crippen MR) is 52.4 cm³/mol. The average Bonchev–Trinajstić information content (AvgIpc) is 2.56. The highest BCUT2D eigenvalue weighted by molar-refractivity contribution is 5.06. The Morgan fingerprint density at radius 2 is 2.38 bits per heavy atom. The van der Waals surface area contributed by atoms with E-state index in [2.05, 4.69) is 12.2 Å². The fourth-order valence-corrected chi connectivity index (χ4v) is 1.94. The van der Waals surface area contributed by atoms with Crippen molar-refractivity contribution in [2.75, 3.05) is 0 Å². The van der Waals surface area contributed by atoms with Crippen LogP contribution in [0.3, 0.4) is 0 Å². The summed E-state index contributed by atoms with van der Waals surface area (Å²) >= 11 is 0. The van der Waals surface area contributed by atoms with Crippen molar-refractivity contribution in [2.24, 2.45) is 0 Å². The molecule has 0 unspecified atom stereocenters. The number of hydrogen-bond acceptors (Lipinski definition) is 2. The van der Waals surface area contributed by atoms with Gasteiger partial charge in [0.15, 0.2) is 0 Å². The first kappa shape index (κ1) is 8.82. The van der Waals surface area contributed by atoms with Gasteiger partial charge >= 0.3 is 0 Å². The second-order valence-electron chi connectivity index (χ2n) is 3.97. The molecule has 0 bridgehead atoms. The summed E-state index contributed by atoms with van der Waals surface area (Å²) in [7, 11) is 0. The van der Waals surface area contributed by atoms with Crippen molar-refractivity contribution in [3.05, 3.63) is 24.2 Å². The Morgan fingerprint density at radius 3 is 2.85 bits per heavy atom. The van der Waals surface area contributed by atoms with Crippen LogP contribution >= 0.6 is 0 Å². The fourth-order valence-electron chi connectivity index (χ4n) is 1.94. The zero-order valence-corrected chi connectivity index (χ0v) is 8.18. The van der Waals surface area contributed by atoms with Gasteiger partial charge in [-0.2, -0.15) is 0 Å². The predicted octanol–water partition coefficient (Wildman–Crippen LogP) is 2.70. The molecular formula is C11H17NO. The lowest BCUT2D eigenvalue weighted by molar-refractivity contribution is 0.175. The Bertz CT molecular complexity index is 244. The molecule has 0 spiro atoms. The van der Waals surface area contributed by atoms with E-state index in [1.54, 1.807) is 6.26 Å². The molecule has 0 atom stereocenters. The summed E-state index contributed by atoms with van der Waals surface area (Å²) in [4.78, 5) is 0. The summed E-state index contributed by atoms with van der Waals surface area (Å²) in [5, 5.41) is 3.62. The molecule has 0 amide bonds. The Kier molecular flexibility index (Phi) is 2.40. The third-order valence-electron chi connectivity index (χ3n) is 3.24. The molecule has 0 aromatic carbocycles. The van der Waals surface area contributed by atoms with E-state index in [4.69, 9.17) is 4.42 Å². The van der Waals surface area contributed by atoms with E-state index in [0.29, 0.717) is 5.54 Å². The van der Waals surface area contributed by atoms with Crippen molar-refractivity contribution in [3.8, 4) is 0 Å². The monoisotopic (exact) mass is 179 g/mol. The lowest BCUT2D eigenvalue weighted by Crippen LogP contribution is -2.49. The largest absolute Gasteiger partial charge is 0.472 e. The van der Waals surface area contributed by atoms with Crippen molar-refractivity contribution < 1.29 is 4.42 Å². The summed E-state index contributed by atoms with van der Waals surface area (Å²) < 4.78 is 5.03. The Labute approximate surface area is 79.3 Å². The van der Waals surface area contributed by atoms with E-state index in [-0.39, 0.29) is 0 Å². The van der Waals surface area contributed by atoms with Crippen LogP contribution in [0.4, 0.5) is 0 Å². The molecule has 72 valence electrons. The first-order valence-corrected chi connectivity index (χ1v) is 5.11. The third kappa shape index (κ3) is 1.78. The van der Waals surface area contributed by atoms with E-state index in [1.165, 1.54) is 31.2 Å². The average molecular weight is 179 g/mol. The van der Waals surface area contributed by atoms with Gasteiger partial charge in [-0.15, -0.1) is 0 Å². The second kappa shape index (κ2) is 3.54.